The van der Waals surface area contributed by atoms with Gasteiger partial charge in [-0.2, -0.15) is 0 Å². The van der Waals surface area contributed by atoms with Gasteiger partial charge in [0.15, 0.2) is 0 Å². The molecule has 0 atom stereocenters. The molecule has 0 aliphatic heterocycles. The van der Waals surface area contributed by atoms with Crippen LogP contribution in [0, 0.1) is 18.8 Å². The van der Waals surface area contributed by atoms with Crippen LogP contribution in [0.15, 0.2) is 30.5 Å². The Morgan fingerprint density at radius 3 is 2.75 bits per heavy atom. The first-order valence-corrected chi connectivity index (χ1v) is 7.82. The summed E-state index contributed by atoms with van der Waals surface area (Å²) in [5.74, 6) is 1.76. The Labute approximate surface area is 121 Å². The first kappa shape index (κ1) is 13.4. The highest BCUT2D eigenvalue weighted by atomic mass is 14.9. The molecule has 1 aliphatic rings. The summed E-state index contributed by atoms with van der Waals surface area (Å²) in [6.07, 6.45) is 7.40. The highest BCUT2D eigenvalue weighted by molar-refractivity contribution is 5.93. The minimum atomic E-state index is 0.833. The van der Waals surface area contributed by atoms with Gasteiger partial charge < -0.3 is 5.32 Å². The first-order valence-electron chi connectivity index (χ1n) is 7.82. The number of hydrogen-bond donors (Lipinski definition) is 1. The largest absolute Gasteiger partial charge is 0.384 e. The Morgan fingerprint density at radius 1 is 1.15 bits per heavy atom. The summed E-state index contributed by atoms with van der Waals surface area (Å²) >= 11 is 0. The SMILES string of the molecule is Cc1ccc(NCC2CCC(C)CC2)c2cccnc12. The summed E-state index contributed by atoms with van der Waals surface area (Å²) < 4.78 is 0. The van der Waals surface area contributed by atoms with Gasteiger partial charge in [-0.3, -0.25) is 4.98 Å². The van der Waals surface area contributed by atoms with Crippen LogP contribution in [0.3, 0.4) is 0 Å². The molecule has 0 unspecified atom stereocenters. The van der Waals surface area contributed by atoms with E-state index in [1.807, 2.05) is 12.3 Å². The highest BCUT2D eigenvalue weighted by Gasteiger charge is 2.18. The maximum atomic E-state index is 4.51. The summed E-state index contributed by atoms with van der Waals surface area (Å²) in [7, 11) is 0. The standard InChI is InChI=1S/C18H24N2/c1-13-5-8-15(9-6-13)12-20-17-10-7-14(2)18-16(17)4-3-11-19-18/h3-4,7,10-11,13,15,20H,5-6,8-9,12H2,1-2H3. The second-order valence-electron chi connectivity index (χ2n) is 6.34. The van der Waals surface area contributed by atoms with Crippen molar-refractivity contribution in [3.05, 3.63) is 36.0 Å². The smallest absolute Gasteiger partial charge is 0.0751 e. The average molecular weight is 268 g/mol. The number of nitrogens with zero attached hydrogens (tertiary/aromatic N) is 1. The molecule has 2 nitrogen and oxygen atoms in total. The second kappa shape index (κ2) is 5.82. The van der Waals surface area contributed by atoms with E-state index in [-0.39, 0.29) is 0 Å². The Balaban J connectivity index is 1.73. The molecule has 3 rings (SSSR count). The molecule has 1 saturated carbocycles. The van der Waals surface area contributed by atoms with Crippen molar-refractivity contribution in [3.63, 3.8) is 0 Å². The molecule has 1 fully saturated rings. The summed E-state index contributed by atoms with van der Waals surface area (Å²) in [5.41, 5.74) is 3.60. The van der Waals surface area contributed by atoms with Gasteiger partial charge in [0.25, 0.3) is 0 Å². The van der Waals surface area contributed by atoms with E-state index in [0.29, 0.717) is 0 Å². The number of nitrogens with one attached hydrogen (secondary N) is 1. The van der Waals surface area contributed by atoms with Crippen LogP contribution >= 0.6 is 0 Å². The van der Waals surface area contributed by atoms with Crippen molar-refractivity contribution in [1.82, 2.24) is 4.98 Å². The Bertz CT molecular complexity index is 583. The minimum Gasteiger partial charge on any atom is -0.384 e. The van der Waals surface area contributed by atoms with Crippen molar-refractivity contribution in [3.8, 4) is 0 Å². The Kier molecular flexibility index (Phi) is 3.90. The zero-order valence-electron chi connectivity index (χ0n) is 12.5. The second-order valence-corrected chi connectivity index (χ2v) is 6.34. The van der Waals surface area contributed by atoms with Crippen LogP contribution in [0.1, 0.15) is 38.2 Å². The molecule has 106 valence electrons. The normalized spacial score (nSPS) is 22.9. The number of fused-ring (bicyclic) bond motifs is 1. The van der Waals surface area contributed by atoms with Crippen molar-refractivity contribution in [2.24, 2.45) is 11.8 Å². The van der Waals surface area contributed by atoms with Crippen molar-refractivity contribution in [2.45, 2.75) is 39.5 Å². The van der Waals surface area contributed by atoms with Gasteiger partial charge in [0.05, 0.1) is 5.52 Å². The molecule has 0 amide bonds. The number of rotatable bonds is 3. The topological polar surface area (TPSA) is 24.9 Å². The third-order valence-electron chi connectivity index (χ3n) is 4.69. The third-order valence-corrected chi connectivity index (χ3v) is 4.69. The highest BCUT2D eigenvalue weighted by Crippen LogP contribution is 2.30. The van der Waals surface area contributed by atoms with Crippen LogP contribution in [0.5, 0.6) is 0 Å². The van der Waals surface area contributed by atoms with Crippen LogP contribution in [-0.4, -0.2) is 11.5 Å². The molecule has 2 aromatic rings. The number of anilines is 1. The average Bonchev–Trinajstić information content (AvgIpc) is 2.49. The van der Waals surface area contributed by atoms with Gasteiger partial charge in [-0.15, -0.1) is 0 Å². The lowest BCUT2D eigenvalue weighted by atomic mass is 9.83. The van der Waals surface area contributed by atoms with Crippen LogP contribution in [0.25, 0.3) is 10.9 Å². The van der Waals surface area contributed by atoms with Crippen LogP contribution in [-0.2, 0) is 0 Å². The predicted octanol–water partition coefficient (Wildman–Crippen LogP) is 4.78. The van der Waals surface area contributed by atoms with Crippen molar-refractivity contribution in [2.75, 3.05) is 11.9 Å². The van der Waals surface area contributed by atoms with E-state index in [1.54, 1.807) is 0 Å². The van der Waals surface area contributed by atoms with Crippen LogP contribution in [0.4, 0.5) is 5.69 Å². The Morgan fingerprint density at radius 2 is 1.95 bits per heavy atom. The maximum absolute atomic E-state index is 4.51. The molecule has 0 saturated heterocycles. The molecule has 20 heavy (non-hydrogen) atoms. The number of hydrogen-bond acceptors (Lipinski definition) is 2. The van der Waals surface area contributed by atoms with E-state index in [4.69, 9.17) is 0 Å². The zero-order chi connectivity index (χ0) is 13.9. The molecule has 1 heterocycles. The quantitative estimate of drug-likeness (QED) is 0.866. The fourth-order valence-electron chi connectivity index (χ4n) is 3.26. The fourth-order valence-corrected chi connectivity index (χ4v) is 3.26. The lowest BCUT2D eigenvalue weighted by molar-refractivity contribution is 0.300. The molecule has 1 aliphatic carbocycles. The van der Waals surface area contributed by atoms with Gasteiger partial charge in [0, 0.05) is 23.8 Å². The Hall–Kier alpha value is -1.57. The van der Waals surface area contributed by atoms with Crippen molar-refractivity contribution >= 4 is 16.6 Å². The minimum absolute atomic E-state index is 0.833. The lowest BCUT2D eigenvalue weighted by Crippen LogP contribution is -2.20. The first-order chi connectivity index (χ1) is 9.74. The number of benzene rings is 1. The van der Waals surface area contributed by atoms with Gasteiger partial charge >= 0.3 is 0 Å². The summed E-state index contributed by atoms with van der Waals surface area (Å²) in [5, 5.41) is 4.91. The van der Waals surface area contributed by atoms with Gasteiger partial charge in [0.1, 0.15) is 0 Å². The maximum Gasteiger partial charge on any atom is 0.0751 e. The van der Waals surface area contributed by atoms with Gasteiger partial charge in [0.2, 0.25) is 0 Å². The lowest BCUT2D eigenvalue weighted by Gasteiger charge is -2.26. The van der Waals surface area contributed by atoms with Crippen LogP contribution < -0.4 is 5.32 Å². The number of pyridine rings is 1. The van der Waals surface area contributed by atoms with Crippen molar-refractivity contribution < 1.29 is 0 Å². The van der Waals surface area contributed by atoms with E-state index in [1.165, 1.54) is 42.3 Å². The zero-order valence-corrected chi connectivity index (χ0v) is 12.5. The van der Waals surface area contributed by atoms with Crippen molar-refractivity contribution in [1.29, 1.82) is 0 Å². The van der Waals surface area contributed by atoms with Gasteiger partial charge in [-0.1, -0.05) is 25.8 Å². The predicted molar refractivity (Wildman–Crippen MR) is 86.1 cm³/mol. The molecule has 0 spiro atoms. The number of aromatic nitrogens is 1. The molecular weight excluding hydrogens is 244 g/mol. The van der Waals surface area contributed by atoms with Crippen LogP contribution in [0.2, 0.25) is 0 Å². The van der Waals surface area contributed by atoms with E-state index in [2.05, 4.69) is 42.3 Å². The molecule has 1 aromatic carbocycles. The van der Waals surface area contributed by atoms with E-state index in [0.717, 1.165) is 23.9 Å². The van der Waals surface area contributed by atoms with Gasteiger partial charge in [-0.05, 0) is 55.4 Å². The number of aryl methyl sites for hydroxylation is 1. The molecule has 1 aromatic heterocycles. The molecule has 1 N–H and O–H groups in total. The van der Waals surface area contributed by atoms with E-state index < -0.39 is 0 Å². The fraction of sp³-hybridized carbons (Fsp3) is 0.500. The molecular formula is C18H24N2. The molecule has 2 heteroatoms. The van der Waals surface area contributed by atoms with E-state index in [9.17, 15) is 0 Å². The van der Waals surface area contributed by atoms with Gasteiger partial charge in [-0.25, -0.2) is 0 Å². The summed E-state index contributed by atoms with van der Waals surface area (Å²) in [4.78, 5) is 4.51. The summed E-state index contributed by atoms with van der Waals surface area (Å²) in [6, 6.07) is 8.56. The monoisotopic (exact) mass is 268 g/mol. The molecule has 0 radical (unpaired) electrons. The summed E-state index contributed by atoms with van der Waals surface area (Å²) in [6.45, 7) is 5.60. The molecule has 0 bridgehead atoms. The van der Waals surface area contributed by atoms with E-state index >= 15 is 0 Å². The third kappa shape index (κ3) is 2.79.